The summed E-state index contributed by atoms with van der Waals surface area (Å²) in [6.07, 6.45) is 0.789. The summed E-state index contributed by atoms with van der Waals surface area (Å²) in [5.74, 6) is 0.0829. The third-order valence-corrected chi connectivity index (χ3v) is 7.23. The number of carbonyl (C=O) groups excluding carboxylic acids is 2. The fourth-order valence-electron chi connectivity index (χ4n) is 5.33. The molecule has 0 saturated carbocycles. The van der Waals surface area contributed by atoms with Crippen molar-refractivity contribution < 1.29 is 43.2 Å². The molecular weight excluding hydrogens is 576 g/mol. The predicted molar refractivity (Wildman–Crippen MR) is 157 cm³/mol. The monoisotopic (exact) mass is 608 g/mol. The molecule has 1 aliphatic rings. The fraction of sp³-hybridized carbons (Fsp3) is 0.323. The van der Waals surface area contributed by atoms with Crippen LogP contribution in [0.3, 0.4) is 0 Å². The van der Waals surface area contributed by atoms with Gasteiger partial charge in [-0.3, -0.25) is 9.59 Å². The Bertz CT molecular complexity index is 1640. The largest absolute Gasteiger partial charge is 0.493 e. The minimum Gasteiger partial charge on any atom is -0.493 e. The molecule has 0 unspecified atom stereocenters. The molecule has 0 aromatic heterocycles. The van der Waals surface area contributed by atoms with Gasteiger partial charge in [-0.1, -0.05) is 18.2 Å². The van der Waals surface area contributed by atoms with E-state index >= 15 is 0 Å². The van der Waals surface area contributed by atoms with Crippen LogP contribution < -0.4 is 29.7 Å². The first-order valence-corrected chi connectivity index (χ1v) is 13.5. The van der Waals surface area contributed by atoms with E-state index < -0.39 is 17.1 Å². The topological polar surface area (TPSA) is 162 Å². The molecule has 0 fully saturated rings. The highest BCUT2D eigenvalue weighted by atomic mass is 16.9. The molecule has 0 heterocycles. The molecule has 1 amide bonds. The highest BCUT2D eigenvalue weighted by Gasteiger charge is 2.33. The summed E-state index contributed by atoms with van der Waals surface area (Å²) in [5, 5.41) is 12.5. The van der Waals surface area contributed by atoms with E-state index in [-0.39, 0.29) is 41.6 Å². The molecule has 0 aliphatic heterocycles. The van der Waals surface area contributed by atoms with E-state index in [1.807, 2.05) is 0 Å². The van der Waals surface area contributed by atoms with Crippen LogP contribution in [0.1, 0.15) is 52.0 Å². The number of hydrogen-bond acceptors (Lipinski definition) is 11. The minimum absolute atomic E-state index is 0.116. The van der Waals surface area contributed by atoms with Gasteiger partial charge in [-0.25, -0.2) is 4.79 Å². The number of benzene rings is 2. The van der Waals surface area contributed by atoms with Crippen LogP contribution in [0.15, 0.2) is 47.3 Å². The number of nitrogens with one attached hydrogen (secondary N) is 1. The minimum atomic E-state index is -0.894. The highest BCUT2D eigenvalue weighted by Crippen LogP contribution is 2.52. The van der Waals surface area contributed by atoms with Gasteiger partial charge >= 0.3 is 5.97 Å². The zero-order chi connectivity index (χ0) is 32.0. The SMILES string of the molecule is COc1c(COC(=O)c2ccc(CO[N+](=O)[O-])cc2)c2c(c(OC)c1OC)-c1ccc(OC)c(=O)cc1[C@H](NC(C)=O)CC2. The lowest BCUT2D eigenvalue weighted by Gasteiger charge is -2.23. The van der Waals surface area contributed by atoms with Crippen LogP contribution in [0.5, 0.6) is 23.0 Å². The van der Waals surface area contributed by atoms with Crippen molar-refractivity contribution in [2.24, 2.45) is 0 Å². The van der Waals surface area contributed by atoms with E-state index in [2.05, 4.69) is 10.2 Å². The van der Waals surface area contributed by atoms with Crippen molar-refractivity contribution in [3.05, 3.63) is 90.6 Å². The molecule has 13 nitrogen and oxygen atoms in total. The molecule has 4 rings (SSSR count). The van der Waals surface area contributed by atoms with E-state index in [4.69, 9.17) is 23.7 Å². The molecule has 44 heavy (non-hydrogen) atoms. The van der Waals surface area contributed by atoms with Gasteiger partial charge in [-0.15, -0.1) is 10.1 Å². The van der Waals surface area contributed by atoms with Crippen molar-refractivity contribution in [1.29, 1.82) is 0 Å². The molecule has 13 heteroatoms. The molecule has 0 bridgehead atoms. The van der Waals surface area contributed by atoms with Crippen LogP contribution in [0.25, 0.3) is 11.1 Å². The molecule has 1 atom stereocenters. The summed E-state index contributed by atoms with van der Waals surface area (Å²) in [7, 11) is 5.79. The fourth-order valence-corrected chi connectivity index (χ4v) is 5.33. The first-order chi connectivity index (χ1) is 21.1. The summed E-state index contributed by atoms with van der Waals surface area (Å²) in [6.45, 7) is 0.931. The molecule has 0 saturated heterocycles. The van der Waals surface area contributed by atoms with Gasteiger partial charge in [-0.2, -0.15) is 0 Å². The number of hydrogen-bond donors (Lipinski definition) is 1. The van der Waals surface area contributed by atoms with Crippen LogP contribution in [-0.4, -0.2) is 45.4 Å². The maximum Gasteiger partial charge on any atom is 0.338 e. The van der Waals surface area contributed by atoms with Gasteiger partial charge in [0.1, 0.15) is 13.2 Å². The lowest BCUT2D eigenvalue weighted by atomic mass is 9.91. The Hall–Kier alpha value is -5.33. The van der Waals surface area contributed by atoms with Crippen LogP contribution in [0.2, 0.25) is 0 Å². The molecule has 232 valence electrons. The van der Waals surface area contributed by atoms with Crippen molar-refractivity contribution in [3.8, 4) is 34.1 Å². The Morgan fingerprint density at radius 2 is 1.61 bits per heavy atom. The molecule has 3 aromatic rings. The zero-order valence-electron chi connectivity index (χ0n) is 24.9. The van der Waals surface area contributed by atoms with E-state index in [0.717, 1.165) is 0 Å². The van der Waals surface area contributed by atoms with Crippen LogP contribution in [0, 0.1) is 10.1 Å². The Labute approximate surface area is 252 Å². The molecule has 1 N–H and O–H groups in total. The Balaban J connectivity index is 1.85. The number of rotatable bonds is 11. The molecule has 3 aromatic carbocycles. The summed E-state index contributed by atoms with van der Waals surface area (Å²) in [4.78, 5) is 53.1. The predicted octanol–water partition coefficient (Wildman–Crippen LogP) is 3.94. The lowest BCUT2D eigenvalue weighted by Crippen LogP contribution is -2.26. The van der Waals surface area contributed by atoms with Crippen LogP contribution in [-0.2, 0) is 34.0 Å². The Morgan fingerprint density at radius 3 is 2.20 bits per heavy atom. The third-order valence-electron chi connectivity index (χ3n) is 7.23. The van der Waals surface area contributed by atoms with E-state index in [0.29, 0.717) is 57.7 Å². The van der Waals surface area contributed by atoms with Gasteiger partial charge in [0.05, 0.1) is 40.0 Å². The van der Waals surface area contributed by atoms with Crippen LogP contribution >= 0.6 is 0 Å². The average molecular weight is 609 g/mol. The maximum atomic E-state index is 13.1. The van der Waals surface area contributed by atoms with Crippen LogP contribution in [0.4, 0.5) is 0 Å². The number of carbonyl (C=O) groups is 2. The lowest BCUT2D eigenvalue weighted by molar-refractivity contribution is -0.763. The standard InChI is InChI=1S/C31H32N2O11/c1-17(34)32-24-12-10-21-23(16-43-31(36)19-8-6-18(7-9-19)15-44-33(37)38)28(40-3)30(42-5)29(41-4)27(21)20-11-13-26(39-2)25(35)14-22(20)24/h6-9,11,13-14,24H,10,12,15-16H2,1-5H3,(H,32,34)/t24-/m1/s1. The van der Waals surface area contributed by atoms with Gasteiger partial charge < -0.3 is 33.8 Å². The second-order valence-corrected chi connectivity index (χ2v) is 9.77. The van der Waals surface area contributed by atoms with Crippen molar-refractivity contribution in [2.75, 3.05) is 28.4 Å². The van der Waals surface area contributed by atoms with Crippen molar-refractivity contribution in [3.63, 3.8) is 0 Å². The van der Waals surface area contributed by atoms with Crippen molar-refractivity contribution >= 4 is 11.9 Å². The summed E-state index contributed by atoms with van der Waals surface area (Å²) in [5.41, 5.74) is 3.33. The molecule has 1 aliphatic carbocycles. The first-order valence-electron chi connectivity index (χ1n) is 13.5. The maximum absolute atomic E-state index is 13.1. The number of ether oxygens (including phenoxy) is 5. The smallest absolute Gasteiger partial charge is 0.338 e. The van der Waals surface area contributed by atoms with Gasteiger partial charge in [0.2, 0.25) is 17.1 Å². The molecule has 0 spiro atoms. The van der Waals surface area contributed by atoms with E-state index in [1.54, 1.807) is 12.1 Å². The molecule has 0 radical (unpaired) electrons. The average Bonchev–Trinajstić information content (AvgIpc) is 3.26. The number of methoxy groups -OCH3 is 4. The first kappa shape index (κ1) is 31.6. The summed E-state index contributed by atoms with van der Waals surface area (Å²) < 4.78 is 28.4. The Morgan fingerprint density at radius 1 is 0.932 bits per heavy atom. The quantitative estimate of drug-likeness (QED) is 0.191. The van der Waals surface area contributed by atoms with Gasteiger partial charge in [0.15, 0.2) is 17.2 Å². The summed E-state index contributed by atoms with van der Waals surface area (Å²) in [6, 6.07) is 10.2. The van der Waals surface area contributed by atoms with Gasteiger partial charge in [-0.05, 0) is 59.4 Å². The highest BCUT2D eigenvalue weighted by molar-refractivity contribution is 5.90. The second-order valence-electron chi connectivity index (χ2n) is 9.77. The number of nitrogens with zero attached hydrogens (tertiary/aromatic N) is 1. The Kier molecular flexibility index (Phi) is 9.88. The van der Waals surface area contributed by atoms with Gasteiger partial charge in [0.25, 0.3) is 5.09 Å². The van der Waals surface area contributed by atoms with Crippen molar-refractivity contribution in [2.45, 2.75) is 39.0 Å². The number of amides is 1. The van der Waals surface area contributed by atoms with Gasteiger partial charge in [0, 0.05) is 18.1 Å². The third kappa shape index (κ3) is 6.51. The van der Waals surface area contributed by atoms with E-state index in [1.165, 1.54) is 65.7 Å². The van der Waals surface area contributed by atoms with E-state index in [9.17, 15) is 24.5 Å². The number of esters is 1. The summed E-state index contributed by atoms with van der Waals surface area (Å²) >= 11 is 0. The second kappa shape index (κ2) is 13.8. The number of fused-ring (bicyclic) bond motifs is 3. The molecular formula is C31H32N2O11. The van der Waals surface area contributed by atoms with Crippen molar-refractivity contribution in [1.82, 2.24) is 5.32 Å². The zero-order valence-corrected chi connectivity index (χ0v) is 24.9. The normalized spacial score (nSPS) is 13.3.